The predicted molar refractivity (Wildman–Crippen MR) is 96.2 cm³/mol. The van der Waals surface area contributed by atoms with Crippen LogP contribution in [0, 0.1) is 0 Å². The van der Waals surface area contributed by atoms with Crippen molar-refractivity contribution in [2.24, 2.45) is 0 Å². The van der Waals surface area contributed by atoms with E-state index in [0.29, 0.717) is 23.8 Å². The highest BCUT2D eigenvalue weighted by Crippen LogP contribution is 2.42. The minimum Gasteiger partial charge on any atom is -0.326 e. The molecular formula is C18H19N3O2S. The summed E-state index contributed by atoms with van der Waals surface area (Å²) < 4.78 is 0. The van der Waals surface area contributed by atoms with Crippen molar-refractivity contribution in [3.8, 4) is 0 Å². The third-order valence-electron chi connectivity index (χ3n) is 3.73. The van der Waals surface area contributed by atoms with Gasteiger partial charge in [0.25, 0.3) is 5.91 Å². The molecule has 0 spiro atoms. The minimum atomic E-state index is -0.184. The molecule has 0 unspecified atom stereocenters. The van der Waals surface area contributed by atoms with Crippen LogP contribution in [0.5, 0.6) is 0 Å². The van der Waals surface area contributed by atoms with Crippen LogP contribution in [0.25, 0.3) is 0 Å². The molecule has 24 heavy (non-hydrogen) atoms. The first kappa shape index (κ1) is 16.4. The largest absolute Gasteiger partial charge is 0.326 e. The van der Waals surface area contributed by atoms with Gasteiger partial charge in [-0.25, -0.2) is 4.98 Å². The molecule has 1 aliphatic rings. The average Bonchev–Trinajstić information content (AvgIpc) is 3.31. The van der Waals surface area contributed by atoms with Gasteiger partial charge >= 0.3 is 0 Å². The molecule has 124 valence electrons. The van der Waals surface area contributed by atoms with E-state index >= 15 is 0 Å². The van der Waals surface area contributed by atoms with Crippen LogP contribution in [0.15, 0.2) is 43.1 Å². The lowest BCUT2D eigenvalue weighted by Crippen LogP contribution is -2.28. The number of anilines is 2. The van der Waals surface area contributed by atoms with Gasteiger partial charge in [-0.2, -0.15) is 0 Å². The van der Waals surface area contributed by atoms with E-state index in [9.17, 15) is 9.59 Å². The summed E-state index contributed by atoms with van der Waals surface area (Å²) >= 11 is 1.66. The van der Waals surface area contributed by atoms with E-state index in [0.717, 1.165) is 9.88 Å². The Morgan fingerprint density at radius 1 is 1.46 bits per heavy atom. The number of aromatic nitrogens is 1. The molecule has 6 heteroatoms. The van der Waals surface area contributed by atoms with E-state index in [1.807, 2.05) is 18.3 Å². The van der Waals surface area contributed by atoms with Crippen molar-refractivity contribution < 1.29 is 9.59 Å². The second-order valence-corrected chi connectivity index (χ2v) is 6.95. The number of rotatable bonds is 6. The van der Waals surface area contributed by atoms with E-state index in [2.05, 4.69) is 16.9 Å². The van der Waals surface area contributed by atoms with Crippen LogP contribution in [0.2, 0.25) is 0 Å². The zero-order chi connectivity index (χ0) is 17.1. The molecule has 1 saturated carbocycles. The molecule has 1 aromatic heterocycles. The lowest BCUT2D eigenvalue weighted by Gasteiger charge is -2.21. The lowest BCUT2D eigenvalue weighted by molar-refractivity contribution is -0.115. The van der Waals surface area contributed by atoms with Crippen LogP contribution >= 0.6 is 11.3 Å². The Labute approximate surface area is 145 Å². The van der Waals surface area contributed by atoms with E-state index in [1.165, 1.54) is 25.8 Å². The number of nitrogens with zero attached hydrogens (tertiary/aromatic N) is 2. The number of hydrogen-bond acceptors (Lipinski definition) is 4. The quantitative estimate of drug-likeness (QED) is 0.815. The van der Waals surface area contributed by atoms with Crippen LogP contribution in [0.1, 0.15) is 35.6 Å². The number of carbonyl (C=O) groups is 2. The van der Waals surface area contributed by atoms with Gasteiger partial charge in [-0.15, -0.1) is 11.3 Å². The number of amides is 2. The fraction of sp³-hybridized carbons (Fsp3) is 0.278. The number of benzene rings is 1. The topological polar surface area (TPSA) is 62.3 Å². The Balaban J connectivity index is 1.83. The Bertz CT molecular complexity index is 780. The average molecular weight is 341 g/mol. The molecule has 1 N–H and O–H groups in total. The summed E-state index contributed by atoms with van der Waals surface area (Å²) in [5, 5.41) is 3.89. The van der Waals surface area contributed by atoms with E-state index in [-0.39, 0.29) is 11.8 Å². The third-order valence-corrected chi connectivity index (χ3v) is 4.88. The van der Waals surface area contributed by atoms with Crippen LogP contribution in [0.3, 0.4) is 0 Å². The van der Waals surface area contributed by atoms with Gasteiger partial charge in [-0.3, -0.25) is 9.59 Å². The normalized spacial score (nSPS) is 13.4. The molecule has 1 aromatic carbocycles. The van der Waals surface area contributed by atoms with Crippen LogP contribution in [-0.2, 0) is 16.1 Å². The highest BCUT2D eigenvalue weighted by Gasteiger charge is 2.27. The molecule has 0 bridgehead atoms. The van der Waals surface area contributed by atoms with Gasteiger partial charge < -0.3 is 10.2 Å². The molecule has 2 amide bonds. The van der Waals surface area contributed by atoms with Crippen molar-refractivity contribution in [2.75, 3.05) is 10.2 Å². The second kappa shape index (κ2) is 6.97. The molecule has 3 rings (SSSR count). The molecular weight excluding hydrogens is 322 g/mol. The molecule has 0 atom stereocenters. The smallest absolute Gasteiger partial charge is 0.250 e. The first-order valence-electron chi connectivity index (χ1n) is 7.83. The molecule has 0 aliphatic heterocycles. The zero-order valence-electron chi connectivity index (χ0n) is 13.5. The van der Waals surface area contributed by atoms with Crippen LogP contribution < -0.4 is 10.2 Å². The van der Waals surface area contributed by atoms with Crippen molar-refractivity contribution in [2.45, 2.75) is 32.2 Å². The summed E-state index contributed by atoms with van der Waals surface area (Å²) in [6, 6.07) is 7.23. The van der Waals surface area contributed by atoms with Gasteiger partial charge in [0.15, 0.2) is 0 Å². The maximum absolute atomic E-state index is 12.3. The molecule has 0 saturated heterocycles. The van der Waals surface area contributed by atoms with Gasteiger partial charge in [0, 0.05) is 35.3 Å². The van der Waals surface area contributed by atoms with E-state index in [1.54, 1.807) is 28.4 Å². The second-order valence-electron chi connectivity index (χ2n) is 5.80. The standard InChI is InChI=1S/C18H19N3O2S/c1-3-17(23)21(11-16-10-19-18(24-16)13-7-8-13)15-6-4-5-14(9-15)20-12(2)22/h3-6,9-10,13H,1,7-8,11H2,2H3,(H,20,22). The van der Waals surface area contributed by atoms with E-state index in [4.69, 9.17) is 0 Å². The van der Waals surface area contributed by atoms with Crippen molar-refractivity contribution in [1.29, 1.82) is 0 Å². The highest BCUT2D eigenvalue weighted by molar-refractivity contribution is 7.11. The summed E-state index contributed by atoms with van der Waals surface area (Å²) in [6.45, 7) is 5.49. The lowest BCUT2D eigenvalue weighted by atomic mass is 10.2. The fourth-order valence-electron chi connectivity index (χ4n) is 2.43. The van der Waals surface area contributed by atoms with Gasteiger partial charge in [-0.1, -0.05) is 12.6 Å². The van der Waals surface area contributed by atoms with Gasteiger partial charge in [0.2, 0.25) is 5.91 Å². The predicted octanol–water partition coefficient (Wildman–Crippen LogP) is 3.70. The molecule has 2 aromatic rings. The van der Waals surface area contributed by atoms with E-state index < -0.39 is 0 Å². The summed E-state index contributed by atoms with van der Waals surface area (Å²) in [5.74, 6) is 0.275. The molecule has 1 fully saturated rings. The summed E-state index contributed by atoms with van der Waals surface area (Å²) in [5.41, 5.74) is 1.37. The highest BCUT2D eigenvalue weighted by atomic mass is 32.1. The Morgan fingerprint density at radius 2 is 2.25 bits per heavy atom. The van der Waals surface area contributed by atoms with Crippen molar-refractivity contribution in [1.82, 2.24) is 4.98 Å². The summed E-state index contributed by atoms with van der Waals surface area (Å²) in [7, 11) is 0. The number of thiazole rings is 1. The third kappa shape index (κ3) is 3.89. The zero-order valence-corrected chi connectivity index (χ0v) is 14.3. The Kier molecular flexibility index (Phi) is 4.76. The first-order valence-corrected chi connectivity index (χ1v) is 8.64. The van der Waals surface area contributed by atoms with Crippen LogP contribution in [0.4, 0.5) is 11.4 Å². The Hall–Kier alpha value is -2.47. The van der Waals surface area contributed by atoms with Gasteiger partial charge in [-0.05, 0) is 37.1 Å². The van der Waals surface area contributed by atoms with Gasteiger partial charge in [0.05, 0.1) is 11.6 Å². The number of hydrogen-bond donors (Lipinski definition) is 1. The van der Waals surface area contributed by atoms with Crippen molar-refractivity contribution >= 4 is 34.5 Å². The maximum atomic E-state index is 12.3. The maximum Gasteiger partial charge on any atom is 0.250 e. The van der Waals surface area contributed by atoms with Crippen molar-refractivity contribution in [3.05, 3.63) is 53.0 Å². The minimum absolute atomic E-state index is 0.148. The molecule has 0 radical (unpaired) electrons. The fourth-order valence-corrected chi connectivity index (χ4v) is 3.51. The summed E-state index contributed by atoms with van der Waals surface area (Å²) in [4.78, 5) is 30.7. The van der Waals surface area contributed by atoms with Gasteiger partial charge in [0.1, 0.15) is 0 Å². The SMILES string of the molecule is C=CC(=O)N(Cc1cnc(C2CC2)s1)c1cccc(NC(C)=O)c1. The molecule has 1 heterocycles. The molecule has 1 aliphatic carbocycles. The first-order chi connectivity index (χ1) is 11.6. The monoisotopic (exact) mass is 341 g/mol. The summed E-state index contributed by atoms with van der Waals surface area (Å²) in [6.07, 6.45) is 5.56. The van der Waals surface area contributed by atoms with Crippen molar-refractivity contribution in [3.63, 3.8) is 0 Å². The Morgan fingerprint density at radius 3 is 2.92 bits per heavy atom. The number of nitrogens with one attached hydrogen (secondary N) is 1. The number of carbonyl (C=O) groups excluding carboxylic acids is 2. The molecule has 5 nitrogen and oxygen atoms in total. The van der Waals surface area contributed by atoms with Crippen LogP contribution in [-0.4, -0.2) is 16.8 Å².